The van der Waals surface area contributed by atoms with Crippen molar-refractivity contribution in [3.63, 3.8) is 0 Å². The zero-order valence-corrected chi connectivity index (χ0v) is 14.5. The minimum Gasteiger partial charge on any atom is -0.478 e. The Hall–Kier alpha value is -2.49. The molecular formula is C20H26N2O2. The van der Waals surface area contributed by atoms with E-state index in [1.807, 2.05) is 30.3 Å². The van der Waals surface area contributed by atoms with Crippen molar-refractivity contribution in [3.8, 4) is 0 Å². The predicted octanol–water partition coefficient (Wildman–Crippen LogP) is 6.78. The quantitative estimate of drug-likeness (QED) is 0.450. The van der Waals surface area contributed by atoms with Crippen LogP contribution in [0.15, 0.2) is 64.8 Å². The third-order valence-corrected chi connectivity index (χ3v) is 3.36. The fourth-order valence-electron chi connectivity index (χ4n) is 1.96. The van der Waals surface area contributed by atoms with Crippen LogP contribution in [-0.4, -0.2) is 11.1 Å². The first kappa shape index (κ1) is 19.6. The Balaban J connectivity index is 0.000000351. The van der Waals surface area contributed by atoms with E-state index in [1.54, 1.807) is 12.1 Å². The molecule has 2 rings (SSSR count). The molecule has 128 valence electrons. The van der Waals surface area contributed by atoms with E-state index < -0.39 is 5.97 Å². The molecule has 0 heterocycles. The van der Waals surface area contributed by atoms with E-state index in [0.29, 0.717) is 5.69 Å². The molecule has 0 radical (unpaired) electrons. The molecule has 2 aromatic rings. The van der Waals surface area contributed by atoms with Crippen molar-refractivity contribution >= 4 is 17.3 Å². The lowest BCUT2D eigenvalue weighted by molar-refractivity contribution is 0.0697. The van der Waals surface area contributed by atoms with E-state index in [1.165, 1.54) is 44.2 Å². The molecule has 2 aromatic carbocycles. The molecule has 1 N–H and O–H groups in total. The molecule has 0 spiro atoms. The number of carbonyl (C=O) groups is 1. The van der Waals surface area contributed by atoms with Gasteiger partial charge in [0, 0.05) is 0 Å². The summed E-state index contributed by atoms with van der Waals surface area (Å²) in [7, 11) is 0. The van der Waals surface area contributed by atoms with Crippen molar-refractivity contribution in [1.82, 2.24) is 0 Å². The predicted molar refractivity (Wildman–Crippen MR) is 98.5 cm³/mol. The Kier molecular flexibility index (Phi) is 9.78. The Morgan fingerprint density at radius 3 is 1.75 bits per heavy atom. The van der Waals surface area contributed by atoms with Gasteiger partial charge < -0.3 is 5.11 Å². The third-order valence-electron chi connectivity index (χ3n) is 3.36. The highest BCUT2D eigenvalue weighted by atomic mass is 16.4. The summed E-state index contributed by atoms with van der Waals surface area (Å²) in [6.07, 6.45) is 7.01. The number of azo groups is 1. The number of aromatic carboxylic acids is 1. The molecular weight excluding hydrogens is 300 g/mol. The second-order valence-electron chi connectivity index (χ2n) is 5.45. The van der Waals surface area contributed by atoms with Gasteiger partial charge in [0.05, 0.1) is 16.9 Å². The first-order valence-electron chi connectivity index (χ1n) is 8.47. The van der Waals surface area contributed by atoms with Crippen molar-refractivity contribution in [2.75, 3.05) is 0 Å². The molecule has 0 saturated carbocycles. The maximum atomic E-state index is 10.6. The first-order chi connectivity index (χ1) is 11.7. The Morgan fingerprint density at radius 2 is 1.29 bits per heavy atom. The molecule has 4 nitrogen and oxygen atoms in total. The second-order valence-corrected chi connectivity index (χ2v) is 5.45. The lowest BCUT2D eigenvalue weighted by Crippen LogP contribution is -1.93. The summed E-state index contributed by atoms with van der Waals surface area (Å²) < 4.78 is 0. The van der Waals surface area contributed by atoms with Crippen LogP contribution in [0.4, 0.5) is 11.4 Å². The monoisotopic (exact) mass is 326 g/mol. The number of carboxylic acids is 1. The van der Waals surface area contributed by atoms with Crippen LogP contribution in [0.2, 0.25) is 0 Å². The third kappa shape index (κ3) is 8.22. The van der Waals surface area contributed by atoms with Crippen LogP contribution < -0.4 is 0 Å². The zero-order chi connectivity index (χ0) is 17.6. The normalized spacial score (nSPS) is 10.2. The van der Waals surface area contributed by atoms with Gasteiger partial charge in [0.1, 0.15) is 0 Å². The summed E-state index contributed by atoms with van der Waals surface area (Å²) in [6, 6.07) is 15.6. The topological polar surface area (TPSA) is 62.0 Å². The first-order valence-corrected chi connectivity index (χ1v) is 8.47. The zero-order valence-electron chi connectivity index (χ0n) is 14.5. The smallest absolute Gasteiger partial charge is 0.335 e. The number of hydrogen-bond donors (Lipinski definition) is 1. The number of hydrogen-bond acceptors (Lipinski definition) is 3. The Labute approximate surface area is 144 Å². The molecule has 0 unspecified atom stereocenters. The summed E-state index contributed by atoms with van der Waals surface area (Å²) in [5, 5.41) is 16.8. The highest BCUT2D eigenvalue weighted by molar-refractivity contribution is 5.87. The molecule has 0 bridgehead atoms. The molecule has 0 aromatic heterocycles. The van der Waals surface area contributed by atoms with Gasteiger partial charge in [0.25, 0.3) is 0 Å². The van der Waals surface area contributed by atoms with Crippen molar-refractivity contribution in [2.45, 2.75) is 46.0 Å². The number of nitrogens with zero attached hydrogens (tertiary/aromatic N) is 2. The van der Waals surface area contributed by atoms with E-state index in [2.05, 4.69) is 24.1 Å². The minimum atomic E-state index is -0.948. The van der Waals surface area contributed by atoms with Crippen LogP contribution in [0.3, 0.4) is 0 Å². The highest BCUT2D eigenvalue weighted by Gasteiger charge is 2.00. The standard InChI is InChI=1S/C13H10N2O2.C7H16/c16-13(17)10-6-8-12(9-7-10)15-14-11-4-2-1-3-5-11;1-3-5-7-6-4-2/h1-9H,(H,16,17);3-7H2,1-2H3. The molecule has 0 atom stereocenters. The average Bonchev–Trinajstić information content (AvgIpc) is 2.62. The van der Waals surface area contributed by atoms with Crippen LogP contribution in [0.5, 0.6) is 0 Å². The largest absolute Gasteiger partial charge is 0.478 e. The van der Waals surface area contributed by atoms with Crippen molar-refractivity contribution < 1.29 is 9.90 Å². The van der Waals surface area contributed by atoms with Crippen LogP contribution in [-0.2, 0) is 0 Å². The second kappa shape index (κ2) is 12.0. The van der Waals surface area contributed by atoms with Crippen molar-refractivity contribution in [1.29, 1.82) is 0 Å². The molecule has 0 saturated heterocycles. The van der Waals surface area contributed by atoms with Gasteiger partial charge in [-0.3, -0.25) is 0 Å². The van der Waals surface area contributed by atoms with Crippen molar-refractivity contribution in [2.24, 2.45) is 10.2 Å². The van der Waals surface area contributed by atoms with Gasteiger partial charge in [0.2, 0.25) is 0 Å². The minimum absolute atomic E-state index is 0.240. The fraction of sp³-hybridized carbons (Fsp3) is 0.350. The number of carboxylic acid groups (broad SMARTS) is 1. The van der Waals surface area contributed by atoms with Gasteiger partial charge in [-0.15, -0.1) is 0 Å². The van der Waals surface area contributed by atoms with Gasteiger partial charge in [0.15, 0.2) is 0 Å². The lowest BCUT2D eigenvalue weighted by Gasteiger charge is -1.95. The van der Waals surface area contributed by atoms with E-state index in [4.69, 9.17) is 5.11 Å². The van der Waals surface area contributed by atoms with Crippen LogP contribution in [0.1, 0.15) is 56.3 Å². The molecule has 4 heteroatoms. The summed E-state index contributed by atoms with van der Waals surface area (Å²) in [5.41, 5.74) is 1.62. The molecule has 0 fully saturated rings. The van der Waals surface area contributed by atoms with Gasteiger partial charge in [-0.2, -0.15) is 10.2 Å². The van der Waals surface area contributed by atoms with Crippen molar-refractivity contribution in [3.05, 3.63) is 60.2 Å². The molecule has 0 aliphatic rings. The van der Waals surface area contributed by atoms with Crippen LogP contribution >= 0.6 is 0 Å². The number of unbranched alkanes of at least 4 members (excludes halogenated alkanes) is 4. The number of benzene rings is 2. The van der Waals surface area contributed by atoms with Gasteiger partial charge in [-0.05, 0) is 36.4 Å². The number of rotatable bonds is 7. The maximum absolute atomic E-state index is 10.6. The molecule has 0 amide bonds. The van der Waals surface area contributed by atoms with Crippen LogP contribution in [0, 0.1) is 0 Å². The maximum Gasteiger partial charge on any atom is 0.335 e. The molecule has 0 aliphatic carbocycles. The van der Waals surface area contributed by atoms with Gasteiger partial charge >= 0.3 is 5.97 Å². The molecule has 24 heavy (non-hydrogen) atoms. The Bertz CT molecular complexity index is 603. The van der Waals surface area contributed by atoms with Gasteiger partial charge in [-0.1, -0.05) is 64.2 Å². The summed E-state index contributed by atoms with van der Waals surface area (Å²) in [5.74, 6) is -0.948. The lowest BCUT2D eigenvalue weighted by atomic mass is 10.2. The van der Waals surface area contributed by atoms with E-state index >= 15 is 0 Å². The van der Waals surface area contributed by atoms with E-state index in [9.17, 15) is 4.79 Å². The fourth-order valence-corrected chi connectivity index (χ4v) is 1.96. The summed E-state index contributed by atoms with van der Waals surface area (Å²) in [4.78, 5) is 10.6. The Morgan fingerprint density at radius 1 is 0.792 bits per heavy atom. The SMILES string of the molecule is CCCCCCC.O=C(O)c1ccc(N=Nc2ccccc2)cc1. The average molecular weight is 326 g/mol. The van der Waals surface area contributed by atoms with Gasteiger partial charge in [-0.25, -0.2) is 4.79 Å². The molecule has 0 aliphatic heterocycles. The summed E-state index contributed by atoms with van der Waals surface area (Å²) in [6.45, 7) is 4.49. The van der Waals surface area contributed by atoms with E-state index in [-0.39, 0.29) is 5.56 Å². The summed E-state index contributed by atoms with van der Waals surface area (Å²) >= 11 is 0. The van der Waals surface area contributed by atoms with Crippen LogP contribution in [0.25, 0.3) is 0 Å². The van der Waals surface area contributed by atoms with E-state index in [0.717, 1.165) is 5.69 Å². The highest BCUT2D eigenvalue weighted by Crippen LogP contribution is 2.18.